The molecule has 5 nitrogen and oxygen atoms in total. The number of fused-ring (bicyclic) bond motifs is 1. The summed E-state index contributed by atoms with van der Waals surface area (Å²) >= 11 is 5.88. The maximum atomic E-state index is 12.5. The van der Waals surface area contributed by atoms with E-state index in [0.29, 0.717) is 10.9 Å². The number of aryl methyl sites for hydroxylation is 1. The summed E-state index contributed by atoms with van der Waals surface area (Å²) in [4.78, 5) is 19.1. The number of urea groups is 1. The largest absolute Gasteiger partial charge is 0.331 e. The number of anilines is 1. The molecule has 1 fully saturated rings. The zero-order chi connectivity index (χ0) is 18.1. The zero-order valence-electron chi connectivity index (χ0n) is 14.7. The third-order valence-electron chi connectivity index (χ3n) is 5.06. The van der Waals surface area contributed by atoms with Crippen LogP contribution in [0.15, 0.2) is 48.5 Å². The number of hydrogen-bond donors (Lipinski definition) is 1. The average Bonchev–Trinajstić information content (AvgIpc) is 3.01. The van der Waals surface area contributed by atoms with Gasteiger partial charge in [0.05, 0.1) is 11.0 Å². The summed E-state index contributed by atoms with van der Waals surface area (Å²) in [5.74, 6) is 1.50. The lowest BCUT2D eigenvalue weighted by atomic mass is 9.96. The zero-order valence-corrected chi connectivity index (χ0v) is 15.4. The van der Waals surface area contributed by atoms with Gasteiger partial charge in [-0.15, -0.1) is 0 Å². The Morgan fingerprint density at radius 1 is 1.12 bits per heavy atom. The van der Waals surface area contributed by atoms with E-state index in [1.165, 1.54) is 0 Å². The van der Waals surface area contributed by atoms with Crippen LogP contribution in [-0.4, -0.2) is 33.6 Å². The first-order valence-electron chi connectivity index (χ1n) is 8.84. The number of nitrogens with zero attached hydrogens (tertiary/aromatic N) is 3. The standard InChI is InChI=1S/C20H21ClN4O/c1-24-18-5-3-2-4-17(18)23-19(24)14-10-12-25(13-11-14)20(26)22-16-8-6-15(21)7-9-16/h2-9,14H,10-13H2,1H3,(H,22,26). The Morgan fingerprint density at radius 2 is 1.81 bits per heavy atom. The van der Waals surface area contributed by atoms with E-state index in [9.17, 15) is 4.79 Å². The molecule has 6 heteroatoms. The highest BCUT2D eigenvalue weighted by Gasteiger charge is 2.27. The molecule has 2 amide bonds. The van der Waals surface area contributed by atoms with Gasteiger partial charge in [0.1, 0.15) is 5.82 Å². The number of hydrogen-bond acceptors (Lipinski definition) is 2. The summed E-state index contributed by atoms with van der Waals surface area (Å²) in [5.41, 5.74) is 2.95. The SMILES string of the molecule is Cn1c(C2CCN(C(=O)Nc3ccc(Cl)cc3)CC2)nc2ccccc21. The molecule has 0 atom stereocenters. The number of carbonyl (C=O) groups is 1. The van der Waals surface area contributed by atoms with Crippen molar-refractivity contribution in [2.24, 2.45) is 7.05 Å². The molecular formula is C20H21ClN4O. The fraction of sp³-hybridized carbons (Fsp3) is 0.300. The van der Waals surface area contributed by atoms with Gasteiger partial charge in [0, 0.05) is 36.8 Å². The molecule has 0 saturated carbocycles. The number of carbonyl (C=O) groups excluding carboxylic acids is 1. The molecule has 1 aliphatic heterocycles. The average molecular weight is 369 g/mol. The second-order valence-electron chi connectivity index (χ2n) is 6.72. The minimum absolute atomic E-state index is 0.0595. The van der Waals surface area contributed by atoms with Crippen LogP contribution in [0, 0.1) is 0 Å². The number of para-hydroxylation sites is 2. The van der Waals surface area contributed by atoms with Crippen molar-refractivity contribution in [2.45, 2.75) is 18.8 Å². The summed E-state index contributed by atoms with van der Waals surface area (Å²) < 4.78 is 2.18. The molecule has 1 aliphatic rings. The molecule has 2 heterocycles. The van der Waals surface area contributed by atoms with Crippen molar-refractivity contribution in [3.05, 3.63) is 59.4 Å². The van der Waals surface area contributed by atoms with Crippen LogP contribution < -0.4 is 5.32 Å². The number of aromatic nitrogens is 2. The van der Waals surface area contributed by atoms with Crippen molar-refractivity contribution in [1.82, 2.24) is 14.5 Å². The molecule has 0 bridgehead atoms. The highest BCUT2D eigenvalue weighted by Crippen LogP contribution is 2.29. The number of piperidine rings is 1. The first-order valence-corrected chi connectivity index (χ1v) is 9.22. The van der Waals surface area contributed by atoms with E-state index in [4.69, 9.17) is 16.6 Å². The summed E-state index contributed by atoms with van der Waals surface area (Å²) in [6.45, 7) is 1.46. The number of imidazole rings is 1. The normalized spacial score (nSPS) is 15.4. The van der Waals surface area contributed by atoms with E-state index in [0.717, 1.165) is 48.5 Å². The second kappa shape index (κ2) is 7.00. The third kappa shape index (κ3) is 3.27. The number of amides is 2. The second-order valence-corrected chi connectivity index (χ2v) is 7.15. The molecule has 134 valence electrons. The Morgan fingerprint density at radius 3 is 2.50 bits per heavy atom. The van der Waals surface area contributed by atoms with Crippen LogP contribution in [0.4, 0.5) is 10.5 Å². The number of benzene rings is 2. The van der Waals surface area contributed by atoms with Crippen LogP contribution in [0.2, 0.25) is 5.02 Å². The Hall–Kier alpha value is -2.53. The molecule has 0 radical (unpaired) electrons. The lowest BCUT2D eigenvalue weighted by Crippen LogP contribution is -2.40. The lowest BCUT2D eigenvalue weighted by molar-refractivity contribution is 0.193. The number of nitrogens with one attached hydrogen (secondary N) is 1. The molecule has 2 aromatic carbocycles. The van der Waals surface area contributed by atoms with E-state index in [1.54, 1.807) is 12.1 Å². The summed E-state index contributed by atoms with van der Waals surface area (Å²) in [6.07, 6.45) is 1.84. The quantitative estimate of drug-likeness (QED) is 0.716. The number of likely N-dealkylation sites (tertiary alicyclic amines) is 1. The van der Waals surface area contributed by atoms with Gasteiger partial charge in [-0.3, -0.25) is 0 Å². The molecular weight excluding hydrogens is 348 g/mol. The number of rotatable bonds is 2. The van der Waals surface area contributed by atoms with Crippen LogP contribution in [0.3, 0.4) is 0 Å². The topological polar surface area (TPSA) is 50.2 Å². The Bertz CT molecular complexity index is 927. The Kier molecular flexibility index (Phi) is 4.55. The fourth-order valence-corrected chi connectivity index (χ4v) is 3.73. The van der Waals surface area contributed by atoms with Crippen LogP contribution >= 0.6 is 11.6 Å². The first kappa shape index (κ1) is 16.9. The predicted octanol–water partition coefficient (Wildman–Crippen LogP) is 4.64. The molecule has 3 aromatic rings. The molecule has 1 saturated heterocycles. The Balaban J connectivity index is 1.41. The van der Waals surface area contributed by atoms with Crippen molar-refractivity contribution < 1.29 is 4.79 Å². The molecule has 1 N–H and O–H groups in total. The maximum absolute atomic E-state index is 12.5. The van der Waals surface area contributed by atoms with E-state index < -0.39 is 0 Å². The van der Waals surface area contributed by atoms with E-state index in [1.807, 2.05) is 35.2 Å². The van der Waals surface area contributed by atoms with E-state index >= 15 is 0 Å². The first-order chi connectivity index (χ1) is 12.6. The van der Waals surface area contributed by atoms with Gasteiger partial charge in [-0.05, 0) is 49.2 Å². The highest BCUT2D eigenvalue weighted by atomic mass is 35.5. The third-order valence-corrected chi connectivity index (χ3v) is 5.32. The Labute approximate surface area is 157 Å². The number of halogens is 1. The lowest BCUT2D eigenvalue weighted by Gasteiger charge is -2.31. The fourth-order valence-electron chi connectivity index (χ4n) is 3.61. The molecule has 0 aliphatic carbocycles. The van der Waals surface area contributed by atoms with Crippen LogP contribution in [0.25, 0.3) is 11.0 Å². The van der Waals surface area contributed by atoms with Gasteiger partial charge < -0.3 is 14.8 Å². The van der Waals surface area contributed by atoms with Crippen LogP contribution in [0.1, 0.15) is 24.6 Å². The molecule has 0 unspecified atom stereocenters. The molecule has 0 spiro atoms. The van der Waals surface area contributed by atoms with Gasteiger partial charge in [-0.2, -0.15) is 0 Å². The van der Waals surface area contributed by atoms with Crippen molar-refractivity contribution >= 4 is 34.4 Å². The van der Waals surface area contributed by atoms with Crippen LogP contribution in [-0.2, 0) is 7.05 Å². The van der Waals surface area contributed by atoms with Gasteiger partial charge in [-0.25, -0.2) is 9.78 Å². The monoisotopic (exact) mass is 368 g/mol. The molecule has 26 heavy (non-hydrogen) atoms. The smallest absolute Gasteiger partial charge is 0.321 e. The predicted molar refractivity (Wildman–Crippen MR) is 105 cm³/mol. The van der Waals surface area contributed by atoms with Crippen molar-refractivity contribution in [3.8, 4) is 0 Å². The van der Waals surface area contributed by atoms with Crippen molar-refractivity contribution in [2.75, 3.05) is 18.4 Å². The highest BCUT2D eigenvalue weighted by molar-refractivity contribution is 6.30. The van der Waals surface area contributed by atoms with Gasteiger partial charge in [0.15, 0.2) is 0 Å². The minimum Gasteiger partial charge on any atom is -0.331 e. The van der Waals surface area contributed by atoms with Gasteiger partial charge in [0.25, 0.3) is 0 Å². The summed E-state index contributed by atoms with van der Waals surface area (Å²) in [7, 11) is 2.07. The van der Waals surface area contributed by atoms with Crippen molar-refractivity contribution in [3.63, 3.8) is 0 Å². The molecule has 4 rings (SSSR count). The minimum atomic E-state index is -0.0595. The summed E-state index contributed by atoms with van der Waals surface area (Å²) in [6, 6.07) is 15.3. The van der Waals surface area contributed by atoms with Gasteiger partial charge >= 0.3 is 6.03 Å². The summed E-state index contributed by atoms with van der Waals surface area (Å²) in [5, 5.41) is 3.59. The maximum Gasteiger partial charge on any atom is 0.321 e. The van der Waals surface area contributed by atoms with Gasteiger partial charge in [-0.1, -0.05) is 23.7 Å². The molecule has 1 aromatic heterocycles. The van der Waals surface area contributed by atoms with Gasteiger partial charge in [0.2, 0.25) is 0 Å². The van der Waals surface area contributed by atoms with Crippen LogP contribution in [0.5, 0.6) is 0 Å². The van der Waals surface area contributed by atoms with E-state index in [2.05, 4.69) is 23.0 Å². The van der Waals surface area contributed by atoms with E-state index in [-0.39, 0.29) is 6.03 Å². The van der Waals surface area contributed by atoms with Crippen molar-refractivity contribution in [1.29, 1.82) is 0 Å².